The molecule has 1 saturated heterocycles. The Morgan fingerprint density at radius 1 is 1.38 bits per heavy atom. The zero-order valence-corrected chi connectivity index (χ0v) is 10.6. The maximum absolute atomic E-state index is 10.4. The standard InChI is InChI=1S/C10H11Cl3O3/c1-2-3-9(14)6(11)7(12)10(8(9)13)15-4-5-16-10/h2,8,14H,1,3-5H2/t8-,9-/m1/s1. The van der Waals surface area contributed by atoms with E-state index in [2.05, 4.69) is 6.58 Å². The van der Waals surface area contributed by atoms with Crippen LogP contribution in [-0.2, 0) is 9.47 Å². The highest BCUT2D eigenvalue weighted by molar-refractivity contribution is 6.43. The highest BCUT2D eigenvalue weighted by atomic mass is 35.5. The Hall–Kier alpha value is 0.230. The van der Waals surface area contributed by atoms with Crippen LogP contribution >= 0.6 is 34.8 Å². The smallest absolute Gasteiger partial charge is 0.227 e. The van der Waals surface area contributed by atoms with Gasteiger partial charge in [0.05, 0.1) is 23.3 Å². The van der Waals surface area contributed by atoms with Crippen LogP contribution in [-0.4, -0.2) is 35.1 Å². The topological polar surface area (TPSA) is 38.7 Å². The predicted molar refractivity (Wildman–Crippen MR) is 62.8 cm³/mol. The Morgan fingerprint density at radius 2 is 1.94 bits per heavy atom. The van der Waals surface area contributed by atoms with Crippen molar-refractivity contribution in [2.75, 3.05) is 13.2 Å². The number of hydrogen-bond donors (Lipinski definition) is 1. The maximum Gasteiger partial charge on any atom is 0.227 e. The molecule has 1 fully saturated rings. The molecular weight excluding hydrogens is 274 g/mol. The summed E-state index contributed by atoms with van der Waals surface area (Å²) in [6.07, 6.45) is 1.71. The maximum atomic E-state index is 10.4. The molecule has 0 saturated carbocycles. The Morgan fingerprint density at radius 3 is 2.44 bits per heavy atom. The van der Waals surface area contributed by atoms with Crippen LogP contribution in [0.25, 0.3) is 0 Å². The van der Waals surface area contributed by atoms with E-state index in [9.17, 15) is 5.11 Å². The molecule has 1 aliphatic carbocycles. The van der Waals surface area contributed by atoms with Crippen molar-refractivity contribution in [2.24, 2.45) is 0 Å². The Bertz CT molecular complexity index is 349. The van der Waals surface area contributed by atoms with Gasteiger partial charge >= 0.3 is 0 Å². The number of alkyl halides is 1. The van der Waals surface area contributed by atoms with E-state index in [0.29, 0.717) is 13.2 Å². The Balaban J connectivity index is 2.44. The van der Waals surface area contributed by atoms with E-state index in [1.165, 1.54) is 6.08 Å². The third-order valence-electron chi connectivity index (χ3n) is 2.80. The third-order valence-corrected chi connectivity index (χ3v) is 4.52. The van der Waals surface area contributed by atoms with Gasteiger partial charge in [-0.2, -0.15) is 0 Å². The summed E-state index contributed by atoms with van der Waals surface area (Å²) < 4.78 is 10.8. The molecule has 1 aliphatic heterocycles. The monoisotopic (exact) mass is 284 g/mol. The number of halogens is 3. The van der Waals surface area contributed by atoms with E-state index in [4.69, 9.17) is 44.3 Å². The fraction of sp³-hybridized carbons (Fsp3) is 0.600. The summed E-state index contributed by atoms with van der Waals surface area (Å²) in [5.41, 5.74) is -1.48. The fourth-order valence-electron chi connectivity index (χ4n) is 1.99. The molecule has 2 atom stereocenters. The first-order valence-electron chi connectivity index (χ1n) is 4.80. The lowest BCUT2D eigenvalue weighted by Crippen LogP contribution is -2.48. The predicted octanol–water partition coefficient (Wildman–Crippen LogP) is 2.35. The van der Waals surface area contributed by atoms with E-state index < -0.39 is 16.8 Å². The van der Waals surface area contributed by atoms with Gasteiger partial charge in [-0.3, -0.25) is 0 Å². The van der Waals surface area contributed by atoms with Crippen LogP contribution < -0.4 is 0 Å². The lowest BCUT2D eigenvalue weighted by molar-refractivity contribution is -0.137. The molecule has 0 radical (unpaired) electrons. The molecule has 3 nitrogen and oxygen atoms in total. The van der Waals surface area contributed by atoms with Gasteiger partial charge in [0.1, 0.15) is 11.0 Å². The highest BCUT2D eigenvalue weighted by Crippen LogP contribution is 2.54. The van der Waals surface area contributed by atoms with Crippen LogP contribution in [0.4, 0.5) is 0 Å². The first-order chi connectivity index (χ1) is 7.49. The van der Waals surface area contributed by atoms with Gasteiger partial charge in [0.15, 0.2) is 0 Å². The molecule has 1 heterocycles. The number of rotatable bonds is 2. The summed E-state index contributed by atoms with van der Waals surface area (Å²) in [5, 5.41) is 9.69. The van der Waals surface area contributed by atoms with Crippen LogP contribution in [0.2, 0.25) is 0 Å². The van der Waals surface area contributed by atoms with Crippen LogP contribution in [0.5, 0.6) is 0 Å². The van der Waals surface area contributed by atoms with Gasteiger partial charge in [-0.25, -0.2) is 0 Å². The van der Waals surface area contributed by atoms with Gasteiger partial charge in [-0.15, -0.1) is 18.2 Å². The fourth-order valence-corrected chi connectivity index (χ4v) is 3.24. The Kier molecular flexibility index (Phi) is 3.30. The molecule has 0 bridgehead atoms. The summed E-state index contributed by atoms with van der Waals surface area (Å²) in [6.45, 7) is 4.29. The highest BCUT2D eigenvalue weighted by Gasteiger charge is 2.63. The molecule has 2 aliphatic rings. The summed E-state index contributed by atoms with van der Waals surface area (Å²) in [4.78, 5) is 0. The minimum atomic E-state index is -1.48. The van der Waals surface area contributed by atoms with Crippen LogP contribution in [0.15, 0.2) is 22.7 Å². The lowest BCUT2D eigenvalue weighted by atomic mass is 9.97. The molecule has 0 aromatic rings. The third kappa shape index (κ3) is 1.47. The second kappa shape index (κ2) is 4.16. The van der Waals surface area contributed by atoms with Gasteiger partial charge in [-0.1, -0.05) is 29.3 Å². The zero-order valence-electron chi connectivity index (χ0n) is 8.38. The summed E-state index contributed by atoms with van der Waals surface area (Å²) in [6, 6.07) is 0. The molecule has 2 rings (SSSR count). The second-order valence-corrected chi connectivity index (χ2v) is 4.96. The van der Waals surface area contributed by atoms with Crippen molar-refractivity contribution < 1.29 is 14.6 Å². The Labute approximate surface area is 109 Å². The van der Waals surface area contributed by atoms with Crippen molar-refractivity contribution >= 4 is 34.8 Å². The van der Waals surface area contributed by atoms with Crippen LogP contribution in [0.3, 0.4) is 0 Å². The van der Waals surface area contributed by atoms with Gasteiger partial charge in [-0.05, 0) is 0 Å². The molecule has 0 unspecified atom stereocenters. The number of hydrogen-bond acceptors (Lipinski definition) is 3. The minimum absolute atomic E-state index is 0.0657. The first kappa shape index (κ1) is 12.7. The molecule has 90 valence electrons. The normalized spacial score (nSPS) is 37.4. The van der Waals surface area contributed by atoms with E-state index in [1.54, 1.807) is 0 Å². The summed E-state index contributed by atoms with van der Waals surface area (Å²) >= 11 is 18.3. The van der Waals surface area contributed by atoms with Crippen molar-refractivity contribution in [3.8, 4) is 0 Å². The van der Waals surface area contributed by atoms with E-state index >= 15 is 0 Å². The van der Waals surface area contributed by atoms with Crippen LogP contribution in [0.1, 0.15) is 6.42 Å². The van der Waals surface area contributed by atoms with Crippen LogP contribution in [0, 0.1) is 0 Å². The van der Waals surface area contributed by atoms with Crippen molar-refractivity contribution in [3.05, 3.63) is 22.7 Å². The molecule has 6 heteroatoms. The van der Waals surface area contributed by atoms with E-state index in [1.807, 2.05) is 0 Å². The average Bonchev–Trinajstić information content (AvgIpc) is 2.79. The van der Waals surface area contributed by atoms with E-state index in [0.717, 1.165) is 0 Å². The van der Waals surface area contributed by atoms with Crippen molar-refractivity contribution in [1.29, 1.82) is 0 Å². The van der Waals surface area contributed by atoms with Gasteiger partial charge in [0.25, 0.3) is 0 Å². The quantitative estimate of drug-likeness (QED) is 0.625. The van der Waals surface area contributed by atoms with Crippen molar-refractivity contribution in [2.45, 2.75) is 23.2 Å². The SMILES string of the molecule is C=CC[C@@]1(O)C(Cl)=C(Cl)C2(OCCO2)[C@@H]1Cl. The van der Waals surface area contributed by atoms with Gasteiger partial charge < -0.3 is 14.6 Å². The molecule has 0 aromatic heterocycles. The average molecular weight is 286 g/mol. The minimum Gasteiger partial charge on any atom is -0.382 e. The summed E-state index contributed by atoms with van der Waals surface area (Å²) in [7, 11) is 0. The van der Waals surface area contributed by atoms with Crippen molar-refractivity contribution in [1.82, 2.24) is 0 Å². The summed E-state index contributed by atoms with van der Waals surface area (Å²) in [5.74, 6) is -1.31. The second-order valence-electron chi connectivity index (χ2n) is 3.77. The van der Waals surface area contributed by atoms with Crippen molar-refractivity contribution in [3.63, 3.8) is 0 Å². The number of aliphatic hydroxyl groups is 1. The largest absolute Gasteiger partial charge is 0.382 e. The lowest BCUT2D eigenvalue weighted by Gasteiger charge is -2.32. The number of ether oxygens (including phenoxy) is 2. The first-order valence-corrected chi connectivity index (χ1v) is 6.00. The molecular formula is C10H11Cl3O3. The zero-order chi connectivity index (χ0) is 12.0. The molecule has 0 amide bonds. The molecule has 0 aromatic carbocycles. The molecule has 1 N–H and O–H groups in total. The molecule has 1 spiro atoms. The molecule has 16 heavy (non-hydrogen) atoms. The van der Waals surface area contributed by atoms with E-state index in [-0.39, 0.29) is 16.5 Å². The van der Waals surface area contributed by atoms with Gasteiger partial charge in [0.2, 0.25) is 5.79 Å². The van der Waals surface area contributed by atoms with Gasteiger partial charge in [0, 0.05) is 6.42 Å².